The second-order valence-electron chi connectivity index (χ2n) is 3.16. The van der Waals surface area contributed by atoms with E-state index in [0.29, 0.717) is 12.1 Å². The van der Waals surface area contributed by atoms with Gasteiger partial charge in [0.25, 0.3) is 0 Å². The molecule has 0 amide bonds. The molecule has 0 atom stereocenters. The minimum absolute atomic E-state index is 0.0795. The van der Waals surface area contributed by atoms with Crippen molar-refractivity contribution in [2.75, 3.05) is 13.7 Å². The van der Waals surface area contributed by atoms with Crippen molar-refractivity contribution in [1.29, 1.82) is 0 Å². The highest BCUT2D eigenvalue weighted by atomic mass is 35.5. The molecule has 16 heavy (non-hydrogen) atoms. The fourth-order valence-corrected chi connectivity index (χ4v) is 1.45. The van der Waals surface area contributed by atoms with E-state index in [1.54, 1.807) is 19.2 Å². The van der Waals surface area contributed by atoms with Crippen LogP contribution in [0.15, 0.2) is 18.2 Å². The number of hydrogen-bond acceptors (Lipinski definition) is 2. The Hall–Kier alpha value is -0.940. The molecular formula is C10H11ClF3NO. The van der Waals surface area contributed by atoms with Crippen LogP contribution in [-0.2, 0) is 6.54 Å². The molecular weight excluding hydrogens is 243 g/mol. The molecule has 0 unspecified atom stereocenters. The predicted molar refractivity (Wildman–Crippen MR) is 55.8 cm³/mol. The highest BCUT2D eigenvalue weighted by Gasteiger charge is 2.29. The molecule has 0 heterocycles. The lowest BCUT2D eigenvalue weighted by molar-refractivity contribution is -0.153. The Morgan fingerprint density at radius 1 is 1.38 bits per heavy atom. The van der Waals surface area contributed by atoms with E-state index < -0.39 is 12.8 Å². The smallest absolute Gasteiger partial charge is 0.422 e. The molecule has 0 aliphatic carbocycles. The lowest BCUT2D eigenvalue weighted by Crippen LogP contribution is -2.20. The fourth-order valence-electron chi connectivity index (χ4n) is 1.20. The van der Waals surface area contributed by atoms with Gasteiger partial charge in [0.05, 0.1) is 5.02 Å². The highest BCUT2D eigenvalue weighted by molar-refractivity contribution is 6.32. The monoisotopic (exact) mass is 253 g/mol. The Labute approximate surface area is 96.4 Å². The molecule has 1 N–H and O–H groups in total. The first kappa shape index (κ1) is 13.1. The first-order valence-corrected chi connectivity index (χ1v) is 4.93. The van der Waals surface area contributed by atoms with E-state index in [2.05, 4.69) is 10.1 Å². The van der Waals surface area contributed by atoms with Crippen molar-refractivity contribution in [3.63, 3.8) is 0 Å². The molecule has 0 bridgehead atoms. The third-order valence-electron chi connectivity index (χ3n) is 1.80. The number of para-hydroxylation sites is 1. The largest absolute Gasteiger partial charge is 0.482 e. The molecule has 0 spiro atoms. The van der Waals surface area contributed by atoms with E-state index in [1.807, 2.05) is 0 Å². The van der Waals surface area contributed by atoms with Crippen molar-refractivity contribution in [3.8, 4) is 5.75 Å². The number of hydrogen-bond donors (Lipinski definition) is 1. The number of alkyl halides is 3. The summed E-state index contributed by atoms with van der Waals surface area (Å²) in [7, 11) is 1.69. The number of ether oxygens (including phenoxy) is 1. The van der Waals surface area contributed by atoms with E-state index in [1.165, 1.54) is 6.07 Å². The third-order valence-corrected chi connectivity index (χ3v) is 2.09. The fraction of sp³-hybridized carbons (Fsp3) is 0.400. The van der Waals surface area contributed by atoms with Crippen LogP contribution in [0.5, 0.6) is 5.75 Å². The Morgan fingerprint density at radius 3 is 2.62 bits per heavy atom. The molecule has 0 saturated heterocycles. The number of rotatable bonds is 4. The van der Waals surface area contributed by atoms with Crippen LogP contribution in [0.25, 0.3) is 0 Å². The SMILES string of the molecule is CNCc1cccc(Cl)c1OCC(F)(F)F. The molecule has 0 saturated carbocycles. The van der Waals surface area contributed by atoms with Gasteiger partial charge in [0.1, 0.15) is 5.75 Å². The number of benzene rings is 1. The zero-order valence-corrected chi connectivity index (χ0v) is 9.32. The van der Waals surface area contributed by atoms with E-state index in [4.69, 9.17) is 11.6 Å². The zero-order chi connectivity index (χ0) is 12.2. The first-order chi connectivity index (χ1) is 7.44. The predicted octanol–water partition coefficient (Wildman–Crippen LogP) is 3.00. The van der Waals surface area contributed by atoms with Crippen LogP contribution in [0.4, 0.5) is 13.2 Å². The maximum atomic E-state index is 12.0. The van der Waals surface area contributed by atoms with Gasteiger partial charge in [-0.25, -0.2) is 0 Å². The minimum atomic E-state index is -4.36. The summed E-state index contributed by atoms with van der Waals surface area (Å²) in [5, 5.41) is 3.01. The summed E-state index contributed by atoms with van der Waals surface area (Å²) < 4.78 is 40.7. The van der Waals surface area contributed by atoms with Gasteiger partial charge in [0.2, 0.25) is 0 Å². The van der Waals surface area contributed by atoms with Crippen molar-refractivity contribution in [3.05, 3.63) is 28.8 Å². The lowest BCUT2D eigenvalue weighted by Gasteiger charge is -2.14. The molecule has 0 aromatic heterocycles. The van der Waals surface area contributed by atoms with Crippen LogP contribution in [0.3, 0.4) is 0 Å². The maximum absolute atomic E-state index is 12.0. The van der Waals surface area contributed by atoms with Gasteiger partial charge >= 0.3 is 6.18 Å². The van der Waals surface area contributed by atoms with Gasteiger partial charge in [-0.3, -0.25) is 0 Å². The summed E-state index contributed by atoms with van der Waals surface area (Å²) in [6.07, 6.45) is -4.36. The summed E-state index contributed by atoms with van der Waals surface area (Å²) in [6.45, 7) is -0.943. The maximum Gasteiger partial charge on any atom is 0.422 e. The molecule has 2 nitrogen and oxygen atoms in total. The normalized spacial score (nSPS) is 11.6. The molecule has 6 heteroatoms. The van der Waals surface area contributed by atoms with Crippen LogP contribution in [-0.4, -0.2) is 19.8 Å². The third kappa shape index (κ3) is 3.90. The Balaban J connectivity index is 2.84. The Bertz CT molecular complexity index is 354. The van der Waals surface area contributed by atoms with Gasteiger partial charge in [0, 0.05) is 12.1 Å². The van der Waals surface area contributed by atoms with Crippen LogP contribution in [0.1, 0.15) is 5.56 Å². The summed E-state index contributed by atoms with van der Waals surface area (Å²) in [5.41, 5.74) is 0.597. The summed E-state index contributed by atoms with van der Waals surface area (Å²) in [5.74, 6) is 0.0795. The van der Waals surface area contributed by atoms with Gasteiger partial charge in [-0.05, 0) is 13.1 Å². The van der Waals surface area contributed by atoms with E-state index in [-0.39, 0.29) is 10.8 Å². The topological polar surface area (TPSA) is 21.3 Å². The second kappa shape index (κ2) is 5.41. The van der Waals surface area contributed by atoms with E-state index >= 15 is 0 Å². The summed E-state index contributed by atoms with van der Waals surface area (Å²) in [4.78, 5) is 0. The number of halogens is 4. The molecule has 1 aromatic rings. The quantitative estimate of drug-likeness (QED) is 0.891. The Morgan fingerprint density at radius 2 is 2.06 bits per heavy atom. The molecule has 1 aromatic carbocycles. The molecule has 90 valence electrons. The molecule has 0 radical (unpaired) electrons. The van der Waals surface area contributed by atoms with Gasteiger partial charge < -0.3 is 10.1 Å². The second-order valence-corrected chi connectivity index (χ2v) is 3.57. The molecule has 0 fully saturated rings. The minimum Gasteiger partial charge on any atom is -0.482 e. The van der Waals surface area contributed by atoms with Gasteiger partial charge in [0.15, 0.2) is 6.61 Å². The summed E-state index contributed by atoms with van der Waals surface area (Å²) in [6, 6.07) is 4.82. The average Bonchev–Trinajstić information content (AvgIpc) is 2.15. The number of nitrogens with one attached hydrogen (secondary N) is 1. The highest BCUT2D eigenvalue weighted by Crippen LogP contribution is 2.30. The van der Waals surface area contributed by atoms with Crippen LogP contribution < -0.4 is 10.1 Å². The zero-order valence-electron chi connectivity index (χ0n) is 8.57. The molecule has 1 rings (SSSR count). The standard InChI is InChI=1S/C10H11ClF3NO/c1-15-5-7-3-2-4-8(11)9(7)16-6-10(12,13)14/h2-4,15H,5-6H2,1H3. The van der Waals surface area contributed by atoms with E-state index in [0.717, 1.165) is 0 Å². The van der Waals surface area contributed by atoms with Crippen molar-refractivity contribution < 1.29 is 17.9 Å². The molecule has 0 aliphatic heterocycles. The lowest BCUT2D eigenvalue weighted by atomic mass is 10.2. The van der Waals surface area contributed by atoms with Crippen molar-refractivity contribution in [2.24, 2.45) is 0 Å². The van der Waals surface area contributed by atoms with Gasteiger partial charge in [-0.1, -0.05) is 23.7 Å². The van der Waals surface area contributed by atoms with Gasteiger partial charge in [-0.15, -0.1) is 0 Å². The van der Waals surface area contributed by atoms with Gasteiger partial charge in [-0.2, -0.15) is 13.2 Å². The van der Waals surface area contributed by atoms with E-state index in [9.17, 15) is 13.2 Å². The molecule has 0 aliphatic rings. The average molecular weight is 254 g/mol. The Kier molecular flexibility index (Phi) is 4.44. The van der Waals surface area contributed by atoms with Crippen LogP contribution >= 0.6 is 11.6 Å². The van der Waals surface area contributed by atoms with Crippen molar-refractivity contribution in [2.45, 2.75) is 12.7 Å². The van der Waals surface area contributed by atoms with Crippen molar-refractivity contribution >= 4 is 11.6 Å². The first-order valence-electron chi connectivity index (χ1n) is 4.55. The van der Waals surface area contributed by atoms with Crippen LogP contribution in [0.2, 0.25) is 5.02 Å². The van der Waals surface area contributed by atoms with Crippen molar-refractivity contribution in [1.82, 2.24) is 5.32 Å². The van der Waals surface area contributed by atoms with Crippen LogP contribution in [0, 0.1) is 0 Å². The summed E-state index contributed by atoms with van der Waals surface area (Å²) >= 11 is 5.77.